The Morgan fingerprint density at radius 3 is 2.46 bits per heavy atom. The van der Waals surface area contributed by atoms with Crippen LogP contribution in [0.25, 0.3) is 0 Å². The van der Waals surface area contributed by atoms with E-state index >= 15 is 0 Å². The number of likely N-dealkylation sites (N-methyl/N-ethyl adjacent to an activating group) is 1. The number of hydrogen-bond acceptors (Lipinski definition) is 6. The molecule has 0 atom stereocenters. The molecule has 0 spiro atoms. The van der Waals surface area contributed by atoms with E-state index in [-0.39, 0.29) is 31.0 Å². The van der Waals surface area contributed by atoms with Gasteiger partial charge in [0.05, 0.1) is 36.1 Å². The lowest BCUT2D eigenvalue weighted by Crippen LogP contribution is -2.39. The molecule has 0 aromatic heterocycles. The molecule has 130 valence electrons. The lowest BCUT2D eigenvalue weighted by atomic mass is 10.2. The van der Waals surface area contributed by atoms with Crippen molar-refractivity contribution in [1.29, 1.82) is 5.26 Å². The summed E-state index contributed by atoms with van der Waals surface area (Å²) in [7, 11) is -2.56. The Balaban J connectivity index is 2.58. The van der Waals surface area contributed by atoms with E-state index in [9.17, 15) is 18.0 Å². The average molecular weight is 353 g/mol. The largest absolute Gasteiger partial charge is 0.466 e. The van der Waals surface area contributed by atoms with Gasteiger partial charge in [0.25, 0.3) is 0 Å². The molecule has 0 bridgehead atoms. The average Bonchev–Trinajstić information content (AvgIpc) is 2.55. The van der Waals surface area contributed by atoms with Gasteiger partial charge in [-0.05, 0) is 31.2 Å². The van der Waals surface area contributed by atoms with E-state index in [1.165, 1.54) is 31.3 Å². The zero-order chi connectivity index (χ0) is 18.2. The van der Waals surface area contributed by atoms with Crippen LogP contribution in [0.1, 0.15) is 18.9 Å². The zero-order valence-corrected chi connectivity index (χ0v) is 14.3. The third kappa shape index (κ3) is 5.64. The first kappa shape index (κ1) is 19.6. The maximum Gasteiger partial charge on any atom is 0.307 e. The van der Waals surface area contributed by atoms with Crippen molar-refractivity contribution in [3.63, 3.8) is 0 Å². The smallest absolute Gasteiger partial charge is 0.307 e. The summed E-state index contributed by atoms with van der Waals surface area (Å²) >= 11 is 0. The van der Waals surface area contributed by atoms with Gasteiger partial charge in [-0.1, -0.05) is 0 Å². The molecule has 1 N–H and O–H groups in total. The molecule has 1 aromatic carbocycles. The number of amides is 1. The van der Waals surface area contributed by atoms with Gasteiger partial charge in [-0.25, -0.2) is 8.42 Å². The van der Waals surface area contributed by atoms with Crippen LogP contribution in [0.2, 0.25) is 0 Å². The van der Waals surface area contributed by atoms with Crippen LogP contribution < -0.4 is 5.32 Å². The van der Waals surface area contributed by atoms with Crippen LogP contribution in [-0.4, -0.2) is 51.3 Å². The van der Waals surface area contributed by atoms with Crippen molar-refractivity contribution in [3.05, 3.63) is 29.8 Å². The number of ether oxygens (including phenoxy) is 1. The second-order valence-electron chi connectivity index (χ2n) is 4.80. The molecule has 1 rings (SSSR count). The SMILES string of the molecule is CCOC(=O)CCNC(=O)CN(C)S(=O)(=O)c1ccc(C#N)cc1. The van der Waals surface area contributed by atoms with Gasteiger partial charge in [-0.3, -0.25) is 9.59 Å². The Morgan fingerprint density at radius 2 is 1.92 bits per heavy atom. The minimum absolute atomic E-state index is 0.0108. The summed E-state index contributed by atoms with van der Waals surface area (Å²) in [6, 6.07) is 7.29. The van der Waals surface area contributed by atoms with E-state index in [2.05, 4.69) is 5.32 Å². The second-order valence-corrected chi connectivity index (χ2v) is 6.85. The molecule has 0 radical (unpaired) electrons. The molecule has 0 fully saturated rings. The number of esters is 1. The van der Waals surface area contributed by atoms with Crippen LogP contribution in [0.3, 0.4) is 0 Å². The van der Waals surface area contributed by atoms with Crippen molar-refractivity contribution in [2.75, 3.05) is 26.7 Å². The molecule has 0 aliphatic carbocycles. The molecule has 1 aromatic rings. The molecule has 0 heterocycles. The molecule has 1 amide bonds. The highest BCUT2D eigenvalue weighted by Gasteiger charge is 2.22. The molecule has 0 unspecified atom stereocenters. The fourth-order valence-electron chi connectivity index (χ4n) is 1.76. The van der Waals surface area contributed by atoms with Gasteiger partial charge in [-0.2, -0.15) is 9.57 Å². The first-order chi connectivity index (χ1) is 11.3. The van der Waals surface area contributed by atoms with Crippen molar-refractivity contribution in [2.24, 2.45) is 0 Å². The Labute approximate surface area is 141 Å². The van der Waals surface area contributed by atoms with Crippen LogP contribution >= 0.6 is 0 Å². The summed E-state index contributed by atoms with van der Waals surface area (Å²) in [5.41, 5.74) is 0.341. The third-order valence-electron chi connectivity index (χ3n) is 3.01. The van der Waals surface area contributed by atoms with Crippen LogP contribution in [0.5, 0.6) is 0 Å². The van der Waals surface area contributed by atoms with Gasteiger partial charge in [0, 0.05) is 13.6 Å². The summed E-state index contributed by atoms with van der Waals surface area (Å²) < 4.78 is 30.3. The number of nitrogens with one attached hydrogen (secondary N) is 1. The second kappa shape index (κ2) is 9.00. The van der Waals surface area contributed by atoms with Gasteiger partial charge >= 0.3 is 5.97 Å². The summed E-state index contributed by atoms with van der Waals surface area (Å²) in [6.07, 6.45) is 0.0195. The number of benzene rings is 1. The van der Waals surface area contributed by atoms with Crippen LogP contribution in [0.4, 0.5) is 0 Å². The predicted molar refractivity (Wildman–Crippen MR) is 85.2 cm³/mol. The van der Waals surface area contributed by atoms with Gasteiger partial charge in [0.15, 0.2) is 0 Å². The van der Waals surface area contributed by atoms with E-state index in [4.69, 9.17) is 10.00 Å². The highest BCUT2D eigenvalue weighted by atomic mass is 32.2. The minimum Gasteiger partial charge on any atom is -0.466 e. The van der Waals surface area contributed by atoms with Gasteiger partial charge < -0.3 is 10.1 Å². The normalized spacial score (nSPS) is 10.9. The summed E-state index contributed by atoms with van der Waals surface area (Å²) in [5, 5.41) is 11.2. The number of rotatable bonds is 8. The predicted octanol–water partition coefficient (Wildman–Crippen LogP) is 0.248. The molecule has 24 heavy (non-hydrogen) atoms. The fourth-order valence-corrected chi connectivity index (χ4v) is 2.89. The molecule has 9 heteroatoms. The highest BCUT2D eigenvalue weighted by Crippen LogP contribution is 2.14. The highest BCUT2D eigenvalue weighted by molar-refractivity contribution is 7.89. The van der Waals surface area contributed by atoms with Crippen molar-refractivity contribution in [1.82, 2.24) is 9.62 Å². The topological polar surface area (TPSA) is 117 Å². The van der Waals surface area contributed by atoms with Gasteiger partial charge in [0.2, 0.25) is 15.9 Å². The Hall–Kier alpha value is -2.44. The van der Waals surface area contributed by atoms with Crippen molar-refractivity contribution >= 4 is 21.9 Å². The molecular formula is C15H19N3O5S. The number of carbonyl (C=O) groups excluding carboxylic acids is 2. The Kier molecular flexibility index (Phi) is 7.35. The summed E-state index contributed by atoms with van der Waals surface area (Å²) in [6.45, 7) is 1.63. The van der Waals surface area contributed by atoms with Crippen LogP contribution in [-0.2, 0) is 24.3 Å². The molecule has 0 aliphatic rings. The molecule has 0 saturated carbocycles. The standard InChI is InChI=1S/C15H19N3O5S/c1-3-23-15(20)8-9-17-14(19)11-18(2)24(21,22)13-6-4-12(10-16)5-7-13/h4-7H,3,8-9,11H2,1-2H3,(H,17,19). The first-order valence-corrected chi connectivity index (χ1v) is 8.64. The van der Waals surface area contributed by atoms with Crippen LogP contribution in [0.15, 0.2) is 29.2 Å². The molecule has 8 nitrogen and oxygen atoms in total. The van der Waals surface area contributed by atoms with E-state index in [0.29, 0.717) is 5.56 Å². The van der Waals surface area contributed by atoms with Crippen molar-refractivity contribution in [3.8, 4) is 6.07 Å². The van der Waals surface area contributed by atoms with E-state index in [1.54, 1.807) is 6.92 Å². The Morgan fingerprint density at radius 1 is 1.29 bits per heavy atom. The van der Waals surface area contributed by atoms with Crippen molar-refractivity contribution < 1.29 is 22.7 Å². The monoisotopic (exact) mass is 353 g/mol. The summed E-state index contributed by atoms with van der Waals surface area (Å²) in [5.74, 6) is -0.963. The van der Waals surface area contributed by atoms with E-state index < -0.39 is 21.9 Å². The first-order valence-electron chi connectivity index (χ1n) is 7.20. The third-order valence-corrected chi connectivity index (χ3v) is 4.83. The fraction of sp³-hybridized carbons (Fsp3) is 0.400. The number of sulfonamides is 1. The van der Waals surface area contributed by atoms with Gasteiger partial charge in [0.1, 0.15) is 0 Å². The van der Waals surface area contributed by atoms with Gasteiger partial charge in [-0.15, -0.1) is 0 Å². The van der Waals surface area contributed by atoms with E-state index in [0.717, 1.165) is 4.31 Å². The molecule has 0 aliphatic heterocycles. The zero-order valence-electron chi connectivity index (χ0n) is 13.5. The quantitative estimate of drug-likeness (QED) is 0.670. The number of nitrogens with zero attached hydrogens (tertiary/aromatic N) is 2. The number of hydrogen-bond donors (Lipinski definition) is 1. The molecular weight excluding hydrogens is 334 g/mol. The maximum atomic E-state index is 12.3. The van der Waals surface area contributed by atoms with E-state index in [1.807, 2.05) is 6.07 Å². The maximum absolute atomic E-state index is 12.3. The summed E-state index contributed by atoms with van der Waals surface area (Å²) in [4.78, 5) is 22.9. The van der Waals surface area contributed by atoms with Crippen LogP contribution in [0, 0.1) is 11.3 Å². The van der Waals surface area contributed by atoms with Crippen molar-refractivity contribution in [2.45, 2.75) is 18.2 Å². The number of nitriles is 1. The lowest BCUT2D eigenvalue weighted by Gasteiger charge is -2.16. The minimum atomic E-state index is -3.84. The Bertz CT molecular complexity index is 722. The lowest BCUT2D eigenvalue weighted by molar-refractivity contribution is -0.143. The molecule has 0 saturated heterocycles. The number of carbonyl (C=O) groups is 2.